The van der Waals surface area contributed by atoms with E-state index in [9.17, 15) is 4.79 Å². The van der Waals surface area contributed by atoms with Crippen LogP contribution in [0.2, 0.25) is 0 Å². The molecule has 1 saturated heterocycles. The fourth-order valence-electron chi connectivity index (χ4n) is 1.38. The summed E-state index contributed by atoms with van der Waals surface area (Å²) in [6.45, 7) is 4.41. The largest absolute Gasteiger partial charge is 0.450 e. The molecule has 1 atom stereocenters. The molecule has 1 fully saturated rings. The SMILES string of the molecule is CCCOC(=O)NC1CCCNC1. The highest BCUT2D eigenvalue weighted by Gasteiger charge is 2.15. The summed E-state index contributed by atoms with van der Waals surface area (Å²) in [6, 6.07) is 0.248. The number of amides is 1. The Labute approximate surface area is 79.0 Å². The molecule has 1 aliphatic heterocycles. The molecule has 0 radical (unpaired) electrons. The third-order valence-electron chi connectivity index (χ3n) is 2.06. The van der Waals surface area contributed by atoms with Gasteiger partial charge in [0, 0.05) is 12.6 Å². The highest BCUT2D eigenvalue weighted by Crippen LogP contribution is 2.01. The average molecular weight is 186 g/mol. The van der Waals surface area contributed by atoms with Crippen LogP contribution in [0.1, 0.15) is 26.2 Å². The summed E-state index contributed by atoms with van der Waals surface area (Å²) in [6.07, 6.45) is 2.76. The van der Waals surface area contributed by atoms with E-state index < -0.39 is 0 Å². The summed E-state index contributed by atoms with van der Waals surface area (Å²) >= 11 is 0. The van der Waals surface area contributed by atoms with Crippen LogP contribution in [0.5, 0.6) is 0 Å². The van der Waals surface area contributed by atoms with Gasteiger partial charge in [-0.2, -0.15) is 0 Å². The molecule has 13 heavy (non-hydrogen) atoms. The van der Waals surface area contributed by atoms with E-state index in [0.29, 0.717) is 6.61 Å². The van der Waals surface area contributed by atoms with Crippen LogP contribution < -0.4 is 10.6 Å². The molecule has 1 aliphatic rings. The number of carbonyl (C=O) groups excluding carboxylic acids is 1. The van der Waals surface area contributed by atoms with Crippen LogP contribution in [0.4, 0.5) is 4.79 Å². The number of nitrogens with one attached hydrogen (secondary N) is 2. The van der Waals surface area contributed by atoms with Crippen molar-refractivity contribution < 1.29 is 9.53 Å². The third-order valence-corrected chi connectivity index (χ3v) is 2.06. The Balaban J connectivity index is 2.11. The fraction of sp³-hybridized carbons (Fsp3) is 0.889. The van der Waals surface area contributed by atoms with Gasteiger partial charge in [-0.05, 0) is 25.8 Å². The first kappa shape index (κ1) is 10.3. The van der Waals surface area contributed by atoms with E-state index in [1.54, 1.807) is 0 Å². The molecule has 76 valence electrons. The molecule has 1 heterocycles. The molecular formula is C9H18N2O2. The molecule has 0 aromatic heterocycles. The van der Waals surface area contributed by atoms with Gasteiger partial charge in [0.15, 0.2) is 0 Å². The molecule has 4 nitrogen and oxygen atoms in total. The van der Waals surface area contributed by atoms with E-state index in [-0.39, 0.29) is 12.1 Å². The van der Waals surface area contributed by atoms with E-state index in [1.807, 2.05) is 6.92 Å². The summed E-state index contributed by atoms with van der Waals surface area (Å²) in [5.41, 5.74) is 0. The van der Waals surface area contributed by atoms with Crippen LogP contribution in [0.25, 0.3) is 0 Å². The molecule has 0 aromatic rings. The van der Waals surface area contributed by atoms with E-state index >= 15 is 0 Å². The first-order valence-corrected chi connectivity index (χ1v) is 4.97. The molecule has 0 saturated carbocycles. The summed E-state index contributed by atoms with van der Waals surface area (Å²) in [4.78, 5) is 11.1. The van der Waals surface area contributed by atoms with Gasteiger partial charge in [-0.25, -0.2) is 4.79 Å². The van der Waals surface area contributed by atoms with Crippen molar-refractivity contribution in [2.24, 2.45) is 0 Å². The van der Waals surface area contributed by atoms with E-state index in [1.165, 1.54) is 0 Å². The highest BCUT2D eigenvalue weighted by atomic mass is 16.5. The maximum absolute atomic E-state index is 11.1. The summed E-state index contributed by atoms with van der Waals surface area (Å²) in [5.74, 6) is 0. The third kappa shape index (κ3) is 4.12. The van der Waals surface area contributed by atoms with Crippen LogP contribution in [-0.2, 0) is 4.74 Å². The number of ether oxygens (including phenoxy) is 1. The molecule has 4 heteroatoms. The standard InChI is InChI=1S/C9H18N2O2/c1-2-6-13-9(12)11-8-4-3-5-10-7-8/h8,10H,2-7H2,1H3,(H,11,12). The Morgan fingerprint density at radius 2 is 2.54 bits per heavy atom. The van der Waals surface area contributed by atoms with Gasteiger partial charge in [0.1, 0.15) is 0 Å². The minimum atomic E-state index is -0.282. The minimum Gasteiger partial charge on any atom is -0.450 e. The lowest BCUT2D eigenvalue weighted by atomic mass is 10.1. The van der Waals surface area contributed by atoms with Crippen molar-refractivity contribution in [3.63, 3.8) is 0 Å². The minimum absolute atomic E-state index is 0.248. The first-order chi connectivity index (χ1) is 6.33. The van der Waals surface area contributed by atoms with Gasteiger partial charge in [-0.3, -0.25) is 0 Å². The predicted molar refractivity (Wildman–Crippen MR) is 50.7 cm³/mol. The Kier molecular flexibility index (Phi) is 4.60. The number of alkyl carbamates (subject to hydrolysis) is 1. The van der Waals surface area contributed by atoms with E-state index in [0.717, 1.165) is 32.4 Å². The van der Waals surface area contributed by atoms with E-state index in [2.05, 4.69) is 10.6 Å². The molecule has 1 amide bonds. The molecule has 0 spiro atoms. The van der Waals surface area contributed by atoms with Crippen molar-refractivity contribution in [1.82, 2.24) is 10.6 Å². The highest BCUT2D eigenvalue weighted by molar-refractivity contribution is 5.67. The van der Waals surface area contributed by atoms with Crippen LogP contribution in [0.3, 0.4) is 0 Å². The summed E-state index contributed by atoms with van der Waals surface area (Å²) in [5, 5.41) is 6.06. The Hall–Kier alpha value is -0.770. The quantitative estimate of drug-likeness (QED) is 0.687. The van der Waals surface area contributed by atoms with Crippen LogP contribution in [0.15, 0.2) is 0 Å². The molecule has 2 N–H and O–H groups in total. The summed E-state index contributed by atoms with van der Waals surface area (Å²) < 4.78 is 4.92. The van der Waals surface area contributed by atoms with Gasteiger partial charge in [-0.1, -0.05) is 6.92 Å². The molecule has 0 aliphatic carbocycles. The maximum Gasteiger partial charge on any atom is 0.407 e. The normalized spacial score (nSPS) is 22.4. The van der Waals surface area contributed by atoms with Gasteiger partial charge >= 0.3 is 6.09 Å². The number of piperidine rings is 1. The predicted octanol–water partition coefficient (Wildman–Crippen LogP) is 0.875. The molecule has 0 aromatic carbocycles. The van der Waals surface area contributed by atoms with Gasteiger partial charge in [-0.15, -0.1) is 0 Å². The van der Waals surface area contributed by atoms with Crippen LogP contribution in [-0.4, -0.2) is 31.8 Å². The summed E-state index contributed by atoms with van der Waals surface area (Å²) in [7, 11) is 0. The van der Waals surface area contributed by atoms with Gasteiger partial charge in [0.25, 0.3) is 0 Å². The van der Waals surface area contributed by atoms with Gasteiger partial charge in [0.2, 0.25) is 0 Å². The number of rotatable bonds is 3. The fourth-order valence-corrected chi connectivity index (χ4v) is 1.38. The van der Waals surface area contributed by atoms with Crippen molar-refractivity contribution in [2.75, 3.05) is 19.7 Å². The molecular weight excluding hydrogens is 168 g/mol. The van der Waals surface area contributed by atoms with Crippen molar-refractivity contribution in [2.45, 2.75) is 32.2 Å². The second-order valence-corrected chi connectivity index (χ2v) is 3.32. The second kappa shape index (κ2) is 5.80. The van der Waals surface area contributed by atoms with Crippen LogP contribution in [0, 0.1) is 0 Å². The van der Waals surface area contributed by atoms with Crippen molar-refractivity contribution in [3.05, 3.63) is 0 Å². The lowest BCUT2D eigenvalue weighted by Crippen LogP contribution is -2.45. The smallest absolute Gasteiger partial charge is 0.407 e. The lowest BCUT2D eigenvalue weighted by Gasteiger charge is -2.23. The van der Waals surface area contributed by atoms with E-state index in [4.69, 9.17) is 4.74 Å². The first-order valence-electron chi connectivity index (χ1n) is 4.97. The zero-order valence-corrected chi connectivity index (χ0v) is 8.14. The van der Waals surface area contributed by atoms with Crippen molar-refractivity contribution in [1.29, 1.82) is 0 Å². The Morgan fingerprint density at radius 3 is 3.15 bits per heavy atom. The molecule has 0 bridgehead atoms. The van der Waals surface area contributed by atoms with Gasteiger partial charge < -0.3 is 15.4 Å². The maximum atomic E-state index is 11.1. The van der Waals surface area contributed by atoms with Crippen molar-refractivity contribution in [3.8, 4) is 0 Å². The lowest BCUT2D eigenvalue weighted by molar-refractivity contribution is 0.140. The van der Waals surface area contributed by atoms with Crippen LogP contribution >= 0.6 is 0 Å². The van der Waals surface area contributed by atoms with Crippen molar-refractivity contribution >= 4 is 6.09 Å². The number of hydrogen-bond donors (Lipinski definition) is 2. The zero-order valence-electron chi connectivity index (χ0n) is 8.14. The Bertz CT molecular complexity index is 156. The number of carbonyl (C=O) groups is 1. The monoisotopic (exact) mass is 186 g/mol. The topological polar surface area (TPSA) is 50.4 Å². The average Bonchev–Trinajstić information content (AvgIpc) is 2.16. The molecule has 1 rings (SSSR count). The number of hydrogen-bond acceptors (Lipinski definition) is 3. The zero-order chi connectivity index (χ0) is 9.52. The molecule has 1 unspecified atom stereocenters. The Morgan fingerprint density at radius 1 is 1.69 bits per heavy atom. The van der Waals surface area contributed by atoms with Gasteiger partial charge in [0.05, 0.1) is 6.61 Å². The second-order valence-electron chi connectivity index (χ2n) is 3.32.